The number of imidazole rings is 1. The molecular formula is C18H19ClFN5O2. The molecule has 1 N–H and O–H groups in total. The lowest BCUT2D eigenvalue weighted by Gasteiger charge is -2.19. The van der Waals surface area contributed by atoms with Crippen LogP contribution < -0.4 is 5.32 Å². The Morgan fingerprint density at radius 1 is 1.26 bits per heavy atom. The molecule has 0 saturated heterocycles. The summed E-state index contributed by atoms with van der Waals surface area (Å²) in [7, 11) is 0. The first kappa shape index (κ1) is 19.0. The van der Waals surface area contributed by atoms with Gasteiger partial charge >= 0.3 is 12.2 Å². The number of amides is 1. The molecule has 2 aromatic heterocycles. The number of aromatic nitrogens is 4. The first-order chi connectivity index (χ1) is 12.7. The molecule has 3 rings (SSSR count). The van der Waals surface area contributed by atoms with E-state index >= 15 is 0 Å². The molecular weight excluding hydrogens is 373 g/mol. The highest BCUT2D eigenvalue weighted by molar-refractivity contribution is 6.33. The van der Waals surface area contributed by atoms with Crippen molar-refractivity contribution < 1.29 is 13.9 Å². The van der Waals surface area contributed by atoms with E-state index in [9.17, 15) is 9.18 Å². The van der Waals surface area contributed by atoms with Crippen molar-refractivity contribution in [1.82, 2.24) is 19.5 Å². The second kappa shape index (κ2) is 7.48. The molecule has 3 aromatic rings. The Morgan fingerprint density at radius 2 is 1.96 bits per heavy atom. The number of rotatable bonds is 4. The van der Waals surface area contributed by atoms with Crippen molar-refractivity contribution >= 4 is 34.5 Å². The number of aryl methyl sites for hydroxylation is 2. The van der Waals surface area contributed by atoms with E-state index in [0.29, 0.717) is 29.8 Å². The Kier molecular flexibility index (Phi) is 5.27. The quantitative estimate of drug-likeness (QED) is 0.532. The van der Waals surface area contributed by atoms with Gasteiger partial charge in [0.05, 0.1) is 6.33 Å². The molecule has 27 heavy (non-hydrogen) atoms. The number of hydrogen-bond donors (Lipinski definition) is 1. The number of ether oxygens (including phenoxy) is 1. The number of anilines is 1. The van der Waals surface area contributed by atoms with Crippen LogP contribution in [0.25, 0.3) is 11.2 Å². The van der Waals surface area contributed by atoms with E-state index in [2.05, 4.69) is 20.3 Å². The molecule has 9 heteroatoms. The maximum Gasteiger partial charge on any atom is 0.412 e. The van der Waals surface area contributed by atoms with Gasteiger partial charge in [0.15, 0.2) is 10.8 Å². The summed E-state index contributed by atoms with van der Waals surface area (Å²) < 4.78 is 20.3. The van der Waals surface area contributed by atoms with E-state index in [4.69, 9.17) is 16.3 Å². The molecule has 7 nitrogen and oxygen atoms in total. The molecule has 2 heterocycles. The third-order valence-electron chi connectivity index (χ3n) is 3.63. The molecule has 0 spiro atoms. The van der Waals surface area contributed by atoms with Gasteiger partial charge in [0.2, 0.25) is 0 Å². The van der Waals surface area contributed by atoms with Crippen LogP contribution in [0, 0.1) is 6.08 Å². The van der Waals surface area contributed by atoms with Crippen LogP contribution in [-0.2, 0) is 17.7 Å². The normalized spacial score (nSPS) is 11.6. The Balaban J connectivity index is 1.63. The van der Waals surface area contributed by atoms with E-state index in [-0.39, 0.29) is 5.15 Å². The van der Waals surface area contributed by atoms with Gasteiger partial charge in [-0.05, 0) is 44.9 Å². The van der Waals surface area contributed by atoms with Crippen molar-refractivity contribution in [3.63, 3.8) is 0 Å². The van der Waals surface area contributed by atoms with Crippen molar-refractivity contribution in [1.29, 1.82) is 0 Å². The Morgan fingerprint density at radius 3 is 2.63 bits per heavy atom. The molecule has 0 radical (unpaired) electrons. The van der Waals surface area contributed by atoms with Gasteiger partial charge in [-0.1, -0.05) is 23.7 Å². The number of hydrogen-bond acceptors (Lipinski definition) is 5. The summed E-state index contributed by atoms with van der Waals surface area (Å²) in [6, 6.07) is 7.39. The summed E-state index contributed by atoms with van der Waals surface area (Å²) in [5.41, 5.74) is 1.85. The number of carbonyl (C=O) groups excluding carboxylic acids is 1. The number of nitrogens with zero attached hydrogens (tertiary/aromatic N) is 4. The molecule has 0 bridgehead atoms. The first-order valence-electron chi connectivity index (χ1n) is 8.34. The van der Waals surface area contributed by atoms with Crippen LogP contribution in [0.15, 0.2) is 30.6 Å². The third-order valence-corrected chi connectivity index (χ3v) is 3.90. The fourth-order valence-electron chi connectivity index (χ4n) is 2.47. The molecule has 142 valence electrons. The van der Waals surface area contributed by atoms with Gasteiger partial charge in [-0.15, -0.1) is 0 Å². The van der Waals surface area contributed by atoms with Crippen LogP contribution in [0.2, 0.25) is 5.15 Å². The average Bonchev–Trinajstić information content (AvgIpc) is 2.95. The lowest BCUT2D eigenvalue weighted by Crippen LogP contribution is -2.27. The van der Waals surface area contributed by atoms with Crippen molar-refractivity contribution in [2.45, 2.75) is 39.3 Å². The highest BCUT2D eigenvalue weighted by atomic mass is 35.5. The minimum absolute atomic E-state index is 0.00572. The second-order valence-corrected chi connectivity index (χ2v) is 7.33. The van der Waals surface area contributed by atoms with Crippen LogP contribution in [0.3, 0.4) is 0 Å². The van der Waals surface area contributed by atoms with Gasteiger partial charge in [-0.2, -0.15) is 14.4 Å². The first-order valence-corrected chi connectivity index (χ1v) is 8.72. The summed E-state index contributed by atoms with van der Waals surface area (Å²) in [6.07, 6.45) is 0.843. The molecule has 0 saturated carbocycles. The molecule has 0 aliphatic rings. The predicted octanol–water partition coefficient (Wildman–Crippen LogP) is 4.21. The van der Waals surface area contributed by atoms with Crippen molar-refractivity contribution in [3.8, 4) is 0 Å². The van der Waals surface area contributed by atoms with E-state index in [1.807, 2.05) is 12.1 Å². The third kappa shape index (κ3) is 4.91. The number of nitrogens with one attached hydrogen (secondary N) is 1. The van der Waals surface area contributed by atoms with E-state index in [1.54, 1.807) is 43.8 Å². The highest BCUT2D eigenvalue weighted by Crippen LogP contribution is 2.19. The predicted molar refractivity (Wildman–Crippen MR) is 100 cm³/mol. The van der Waals surface area contributed by atoms with Gasteiger partial charge in [-0.25, -0.2) is 9.78 Å². The average molecular weight is 392 g/mol. The SMILES string of the molecule is CC(C)(C)OC(=O)Nc1ccc(CCn2cnc3c(Cl)nc(F)nc32)cc1. The maximum absolute atomic E-state index is 13.4. The molecule has 0 aliphatic carbocycles. The Hall–Kier alpha value is -2.74. The lowest BCUT2D eigenvalue weighted by atomic mass is 10.1. The molecule has 1 aromatic carbocycles. The van der Waals surface area contributed by atoms with Crippen LogP contribution >= 0.6 is 11.6 Å². The van der Waals surface area contributed by atoms with Gasteiger partial charge in [-0.3, -0.25) is 5.32 Å². The van der Waals surface area contributed by atoms with E-state index < -0.39 is 17.8 Å². The van der Waals surface area contributed by atoms with Gasteiger partial charge in [0, 0.05) is 12.2 Å². The molecule has 1 amide bonds. The van der Waals surface area contributed by atoms with Crippen LogP contribution in [0.1, 0.15) is 26.3 Å². The van der Waals surface area contributed by atoms with Crippen LogP contribution in [0.5, 0.6) is 0 Å². The minimum Gasteiger partial charge on any atom is -0.444 e. The number of fused-ring (bicyclic) bond motifs is 1. The Bertz CT molecular complexity index is 966. The summed E-state index contributed by atoms with van der Waals surface area (Å²) in [6.45, 7) is 5.96. The Labute approximate surface area is 160 Å². The monoisotopic (exact) mass is 391 g/mol. The fraction of sp³-hybridized carbons (Fsp3) is 0.333. The molecule has 0 fully saturated rings. The van der Waals surface area contributed by atoms with Crippen LogP contribution in [-0.4, -0.2) is 31.2 Å². The number of benzene rings is 1. The topological polar surface area (TPSA) is 81.9 Å². The highest BCUT2D eigenvalue weighted by Gasteiger charge is 2.16. The zero-order chi connectivity index (χ0) is 19.6. The molecule has 0 unspecified atom stereocenters. The second-order valence-electron chi connectivity index (χ2n) is 6.97. The smallest absolute Gasteiger partial charge is 0.412 e. The summed E-state index contributed by atoms with van der Waals surface area (Å²) in [5, 5.41) is 2.68. The van der Waals surface area contributed by atoms with Crippen molar-refractivity contribution in [2.24, 2.45) is 0 Å². The van der Waals surface area contributed by atoms with Gasteiger partial charge < -0.3 is 9.30 Å². The largest absolute Gasteiger partial charge is 0.444 e. The van der Waals surface area contributed by atoms with Gasteiger partial charge in [0.25, 0.3) is 0 Å². The maximum atomic E-state index is 13.4. The number of halogens is 2. The van der Waals surface area contributed by atoms with Crippen LogP contribution in [0.4, 0.5) is 14.9 Å². The standard InChI is InChI=1S/C18H19ClFN5O2/c1-18(2,3)27-17(26)22-12-6-4-11(5-7-12)8-9-25-10-21-13-14(19)23-16(20)24-15(13)25/h4-7,10H,8-9H2,1-3H3,(H,22,26). The van der Waals surface area contributed by atoms with Crippen molar-refractivity contribution in [3.05, 3.63) is 47.4 Å². The molecule has 0 aliphatic heterocycles. The number of carbonyl (C=O) groups is 1. The molecule has 0 atom stereocenters. The summed E-state index contributed by atoms with van der Waals surface area (Å²) in [5.74, 6) is 0. The van der Waals surface area contributed by atoms with Crippen molar-refractivity contribution in [2.75, 3.05) is 5.32 Å². The lowest BCUT2D eigenvalue weighted by molar-refractivity contribution is 0.0636. The summed E-state index contributed by atoms with van der Waals surface area (Å²) in [4.78, 5) is 23.1. The van der Waals surface area contributed by atoms with E-state index in [0.717, 1.165) is 5.56 Å². The zero-order valence-corrected chi connectivity index (χ0v) is 15.9. The summed E-state index contributed by atoms with van der Waals surface area (Å²) >= 11 is 5.88. The van der Waals surface area contributed by atoms with E-state index in [1.165, 1.54) is 0 Å². The van der Waals surface area contributed by atoms with Gasteiger partial charge in [0.1, 0.15) is 11.1 Å². The zero-order valence-electron chi connectivity index (χ0n) is 15.2. The minimum atomic E-state index is -0.883. The fourth-order valence-corrected chi connectivity index (χ4v) is 2.68.